The molecule has 0 saturated heterocycles. The van der Waals surface area contributed by atoms with Crippen molar-refractivity contribution in [3.63, 3.8) is 0 Å². The lowest BCUT2D eigenvalue weighted by molar-refractivity contribution is -0.147. The van der Waals surface area contributed by atoms with Crippen LogP contribution in [0, 0.1) is 0 Å². The average Bonchev–Trinajstić information content (AvgIpc) is 2.97. The molecule has 0 aliphatic heterocycles. The first kappa shape index (κ1) is 33.2. The second-order valence-corrected chi connectivity index (χ2v) is 12.1. The van der Waals surface area contributed by atoms with E-state index in [2.05, 4.69) is 46.8 Å². The zero-order valence-corrected chi connectivity index (χ0v) is 26.4. The molecule has 0 bridgehead atoms. The largest absolute Gasteiger partial charge is 0.481 e. The molecule has 0 heterocycles. The van der Waals surface area contributed by atoms with Crippen LogP contribution in [-0.2, 0) is 24.5 Å². The third-order valence-corrected chi connectivity index (χ3v) is 7.48. The van der Waals surface area contributed by atoms with E-state index in [1.165, 1.54) is 25.7 Å². The first-order valence-corrected chi connectivity index (χ1v) is 15.8. The maximum absolute atomic E-state index is 12.6. The normalized spacial score (nSPS) is 11.5. The highest BCUT2D eigenvalue weighted by molar-refractivity contribution is 6.11. The van der Waals surface area contributed by atoms with Gasteiger partial charge < -0.3 is 18.9 Å². The Kier molecular flexibility index (Phi) is 13.4. The minimum absolute atomic E-state index is 0.101. The second kappa shape index (κ2) is 17.0. The number of carbonyl (C=O) groups excluding carboxylic acids is 2. The molecule has 3 aromatic carbocycles. The Morgan fingerprint density at radius 2 is 1.05 bits per heavy atom. The summed E-state index contributed by atoms with van der Waals surface area (Å²) in [5.41, 5.74) is 1.02. The van der Waals surface area contributed by atoms with Crippen LogP contribution in [0.25, 0.3) is 21.5 Å². The predicted octanol–water partition coefficient (Wildman–Crippen LogP) is 9.08. The van der Waals surface area contributed by atoms with Crippen LogP contribution >= 0.6 is 0 Å². The van der Waals surface area contributed by atoms with E-state index in [0.29, 0.717) is 24.7 Å². The minimum atomic E-state index is -0.383. The Morgan fingerprint density at radius 1 is 0.595 bits per heavy atom. The van der Waals surface area contributed by atoms with Gasteiger partial charge in [-0.25, -0.2) is 9.59 Å². The Balaban J connectivity index is 1.82. The van der Waals surface area contributed by atoms with Crippen molar-refractivity contribution >= 4 is 33.5 Å². The highest BCUT2D eigenvalue weighted by Gasteiger charge is 2.21. The van der Waals surface area contributed by atoms with Crippen molar-refractivity contribution in [2.75, 3.05) is 26.4 Å². The zero-order valence-electron chi connectivity index (χ0n) is 26.4. The Bertz CT molecular complexity index is 1290. The van der Waals surface area contributed by atoms with Gasteiger partial charge in [0.1, 0.15) is 11.5 Å². The van der Waals surface area contributed by atoms with E-state index >= 15 is 0 Å². The number of fused-ring (bicyclic) bond motifs is 2. The van der Waals surface area contributed by atoms with Crippen molar-refractivity contribution in [1.29, 1.82) is 0 Å². The van der Waals surface area contributed by atoms with Gasteiger partial charge in [0.2, 0.25) is 0 Å². The highest BCUT2D eigenvalue weighted by atomic mass is 16.6. The Labute approximate surface area is 252 Å². The molecule has 0 unspecified atom stereocenters. The molecule has 0 saturated carbocycles. The van der Waals surface area contributed by atoms with Gasteiger partial charge in [-0.2, -0.15) is 0 Å². The Hall–Kier alpha value is -3.28. The molecule has 0 aliphatic carbocycles. The first-order chi connectivity index (χ1) is 20.3. The van der Waals surface area contributed by atoms with E-state index in [9.17, 15) is 9.59 Å². The molecule has 3 aromatic rings. The van der Waals surface area contributed by atoms with Gasteiger partial charge in [-0.1, -0.05) is 122 Å². The number of carbonyl (C=O) groups is 2. The maximum Gasteiger partial charge on any atom is 0.344 e. The first-order valence-electron chi connectivity index (χ1n) is 15.8. The van der Waals surface area contributed by atoms with Gasteiger partial charge in [0.15, 0.2) is 13.2 Å². The third kappa shape index (κ3) is 9.92. The van der Waals surface area contributed by atoms with E-state index in [4.69, 9.17) is 18.9 Å². The summed E-state index contributed by atoms with van der Waals surface area (Å²) in [4.78, 5) is 25.1. The third-order valence-electron chi connectivity index (χ3n) is 7.48. The number of ether oxygens (including phenoxy) is 4. The van der Waals surface area contributed by atoms with Crippen molar-refractivity contribution in [1.82, 2.24) is 0 Å². The Morgan fingerprint density at radius 3 is 1.52 bits per heavy atom. The van der Waals surface area contributed by atoms with Crippen LogP contribution in [0.1, 0.15) is 104 Å². The van der Waals surface area contributed by atoms with Gasteiger partial charge in [0.05, 0.1) is 13.2 Å². The van der Waals surface area contributed by atoms with E-state index < -0.39 is 0 Å². The smallest absolute Gasteiger partial charge is 0.344 e. The van der Waals surface area contributed by atoms with E-state index in [1.54, 1.807) is 0 Å². The number of esters is 2. The van der Waals surface area contributed by atoms with Gasteiger partial charge in [-0.15, -0.1) is 0 Å². The lowest BCUT2D eigenvalue weighted by atomic mass is 9.85. The van der Waals surface area contributed by atoms with E-state index in [0.717, 1.165) is 65.6 Å². The van der Waals surface area contributed by atoms with Crippen molar-refractivity contribution in [3.8, 4) is 11.5 Å². The van der Waals surface area contributed by atoms with E-state index in [-0.39, 0.29) is 30.6 Å². The monoisotopic (exact) mass is 578 g/mol. The van der Waals surface area contributed by atoms with Crippen LogP contribution in [0.2, 0.25) is 0 Å². The highest BCUT2D eigenvalue weighted by Crippen LogP contribution is 2.44. The summed E-state index contributed by atoms with van der Waals surface area (Å²) in [6.45, 7) is 11.3. The molecule has 0 aromatic heterocycles. The lowest BCUT2D eigenvalue weighted by Crippen LogP contribution is -2.17. The molecule has 6 heteroatoms. The zero-order chi connectivity index (χ0) is 30.4. The van der Waals surface area contributed by atoms with Gasteiger partial charge in [0.25, 0.3) is 0 Å². The molecule has 0 radical (unpaired) electrons. The molecule has 230 valence electrons. The maximum atomic E-state index is 12.6. The van der Waals surface area contributed by atoms with Gasteiger partial charge in [0, 0.05) is 21.5 Å². The van der Waals surface area contributed by atoms with Crippen molar-refractivity contribution in [2.24, 2.45) is 0 Å². The lowest BCUT2D eigenvalue weighted by Gasteiger charge is -2.22. The molecular weight excluding hydrogens is 528 g/mol. The number of unbranched alkanes of at least 4 members (excludes halogenated alkanes) is 8. The molecule has 0 amide bonds. The molecule has 6 nitrogen and oxygen atoms in total. The van der Waals surface area contributed by atoms with Gasteiger partial charge in [-0.05, 0) is 29.9 Å². The molecule has 0 atom stereocenters. The van der Waals surface area contributed by atoms with Crippen LogP contribution in [0.4, 0.5) is 0 Å². The standard InChI is InChI=1S/C36H50O6/c1-6-8-10-12-16-22-39-32(37)25-41-34-28-18-14-15-19-29(28)35(31-24-27(36(3,4)5)20-21-30(31)34)42-26-33(38)40-23-17-13-11-9-7-2/h14-15,18-21,24H,6-13,16-17,22-23,25-26H2,1-5H3. The summed E-state index contributed by atoms with van der Waals surface area (Å²) in [6, 6.07) is 13.9. The number of hydrogen-bond donors (Lipinski definition) is 0. The number of benzene rings is 3. The predicted molar refractivity (Wildman–Crippen MR) is 171 cm³/mol. The van der Waals surface area contributed by atoms with Crippen LogP contribution in [0.15, 0.2) is 42.5 Å². The average molecular weight is 579 g/mol. The topological polar surface area (TPSA) is 71.1 Å². The molecule has 0 fully saturated rings. The SMILES string of the molecule is CCCCCCCOC(=O)COc1c2ccccc2c(OCC(=O)OCCCCCCC)c2cc(C(C)(C)C)ccc12. The van der Waals surface area contributed by atoms with Gasteiger partial charge in [-0.3, -0.25) is 0 Å². The van der Waals surface area contributed by atoms with E-state index in [1.807, 2.05) is 30.3 Å². The summed E-state index contributed by atoms with van der Waals surface area (Å²) in [6.07, 6.45) is 10.9. The molecule has 0 aliphatic rings. The van der Waals surface area contributed by atoms with Crippen molar-refractivity contribution in [3.05, 3.63) is 48.0 Å². The van der Waals surface area contributed by atoms with Crippen molar-refractivity contribution < 1.29 is 28.5 Å². The van der Waals surface area contributed by atoms with Crippen LogP contribution in [0.3, 0.4) is 0 Å². The summed E-state index contributed by atoms with van der Waals surface area (Å²) >= 11 is 0. The summed E-state index contributed by atoms with van der Waals surface area (Å²) in [7, 11) is 0. The second-order valence-electron chi connectivity index (χ2n) is 12.1. The van der Waals surface area contributed by atoms with Crippen LogP contribution < -0.4 is 9.47 Å². The van der Waals surface area contributed by atoms with Crippen molar-refractivity contribution in [2.45, 2.75) is 104 Å². The van der Waals surface area contributed by atoms with Gasteiger partial charge >= 0.3 is 11.9 Å². The molecular formula is C36H50O6. The fourth-order valence-electron chi connectivity index (χ4n) is 5.01. The quantitative estimate of drug-likeness (QED) is 0.0852. The molecule has 0 N–H and O–H groups in total. The van der Waals surface area contributed by atoms with Crippen LogP contribution in [-0.4, -0.2) is 38.4 Å². The minimum Gasteiger partial charge on any atom is -0.481 e. The summed E-state index contributed by atoms with van der Waals surface area (Å²) < 4.78 is 23.3. The molecule has 42 heavy (non-hydrogen) atoms. The number of hydrogen-bond acceptors (Lipinski definition) is 6. The molecule has 0 spiro atoms. The summed E-state index contributed by atoms with van der Waals surface area (Å²) in [5, 5.41) is 3.25. The van der Waals surface area contributed by atoms with Crippen LogP contribution in [0.5, 0.6) is 11.5 Å². The summed E-state index contributed by atoms with van der Waals surface area (Å²) in [5.74, 6) is 0.441. The fraction of sp³-hybridized carbons (Fsp3) is 0.556. The fourth-order valence-corrected chi connectivity index (χ4v) is 5.01. The number of rotatable bonds is 18. The molecule has 3 rings (SSSR count).